The first-order valence-electron chi connectivity index (χ1n) is 9.20. The zero-order valence-corrected chi connectivity index (χ0v) is 15.8. The first kappa shape index (κ1) is 17.9. The van der Waals surface area contributed by atoms with E-state index in [9.17, 15) is 4.79 Å². The molecule has 0 bridgehead atoms. The number of amides is 1. The third-order valence-corrected chi connectivity index (χ3v) is 5.01. The van der Waals surface area contributed by atoms with Crippen molar-refractivity contribution in [3.8, 4) is 11.3 Å². The number of fused-ring (bicyclic) bond motifs is 1. The topological polar surface area (TPSA) is 121 Å². The van der Waals surface area contributed by atoms with Crippen molar-refractivity contribution in [2.75, 3.05) is 5.32 Å². The number of aromatic nitrogens is 3. The predicted octanol–water partition coefficient (Wildman–Crippen LogP) is 3.71. The van der Waals surface area contributed by atoms with Crippen molar-refractivity contribution >= 4 is 28.3 Å². The molecule has 3 aromatic rings. The second-order valence-corrected chi connectivity index (χ2v) is 7.23. The normalized spacial score (nSPS) is 14.6. The summed E-state index contributed by atoms with van der Waals surface area (Å²) in [6, 6.07) is 7.94. The number of nitrogens with one attached hydrogen (secondary N) is 3. The third-order valence-electron chi connectivity index (χ3n) is 5.01. The lowest BCUT2D eigenvalue weighted by Gasteiger charge is -2.07. The Morgan fingerprint density at radius 3 is 2.75 bits per heavy atom. The van der Waals surface area contributed by atoms with Gasteiger partial charge in [-0.1, -0.05) is 0 Å². The van der Waals surface area contributed by atoms with Crippen molar-refractivity contribution in [3.63, 3.8) is 0 Å². The molecule has 5 N–H and O–H groups in total. The zero-order chi connectivity index (χ0) is 19.8. The van der Waals surface area contributed by atoms with Crippen LogP contribution in [-0.4, -0.2) is 26.6 Å². The van der Waals surface area contributed by atoms with E-state index < -0.39 is 5.91 Å². The molecule has 1 aliphatic rings. The van der Waals surface area contributed by atoms with E-state index >= 15 is 0 Å². The van der Waals surface area contributed by atoms with Gasteiger partial charge in [0.05, 0.1) is 11.9 Å². The molecule has 28 heavy (non-hydrogen) atoms. The number of hydrogen-bond donors (Lipinski definition) is 4. The van der Waals surface area contributed by atoms with Crippen molar-refractivity contribution in [3.05, 3.63) is 53.6 Å². The molecule has 0 unspecified atom stereocenters. The Labute approximate surface area is 162 Å². The highest BCUT2D eigenvalue weighted by Gasteiger charge is 2.25. The number of rotatable bonds is 5. The summed E-state index contributed by atoms with van der Waals surface area (Å²) < 4.78 is 0. The number of nitrogens with two attached hydrogens (primary N) is 1. The van der Waals surface area contributed by atoms with E-state index in [2.05, 4.69) is 26.3 Å². The van der Waals surface area contributed by atoms with Crippen molar-refractivity contribution in [2.45, 2.75) is 32.6 Å². The molecule has 3 heterocycles. The average molecular weight is 374 g/mol. The quantitative estimate of drug-likeness (QED) is 0.509. The average Bonchev–Trinajstić information content (AvgIpc) is 3.46. The fraction of sp³-hybridized carbons (Fsp3) is 0.238. The van der Waals surface area contributed by atoms with E-state index in [1.54, 1.807) is 20.0 Å². The van der Waals surface area contributed by atoms with Gasteiger partial charge in [0.2, 0.25) is 0 Å². The second kappa shape index (κ2) is 6.92. The predicted molar refractivity (Wildman–Crippen MR) is 110 cm³/mol. The first-order chi connectivity index (χ1) is 13.4. The smallest absolute Gasteiger partial charge is 0.273 e. The Kier molecular flexibility index (Phi) is 4.43. The van der Waals surface area contributed by atoms with Crippen LogP contribution in [-0.2, 0) is 4.79 Å². The van der Waals surface area contributed by atoms with Gasteiger partial charge in [-0.25, -0.2) is 4.98 Å². The fourth-order valence-electron chi connectivity index (χ4n) is 3.02. The molecule has 4 rings (SSSR count). The minimum absolute atomic E-state index is 0.153. The summed E-state index contributed by atoms with van der Waals surface area (Å²) in [4.78, 5) is 24.4. The number of H-pyrrole nitrogens is 1. The molecular weight excluding hydrogens is 352 g/mol. The van der Waals surface area contributed by atoms with Crippen molar-refractivity contribution in [1.29, 1.82) is 5.41 Å². The SMILES string of the molecule is C/C(N)=C(\C)C(=N)C(=O)Nc1cnc2[nH]c(-c3ccnc(C4CC4)c3)cc2c1. The molecule has 1 aliphatic carbocycles. The molecule has 0 atom stereocenters. The van der Waals surface area contributed by atoms with Crippen LogP contribution in [0.15, 0.2) is 47.9 Å². The summed E-state index contributed by atoms with van der Waals surface area (Å²) in [5.74, 6) is 0.0802. The van der Waals surface area contributed by atoms with Crippen LogP contribution in [0.5, 0.6) is 0 Å². The standard InChI is InChI=1S/C21H22N6O/c1-11(12(2)22)19(23)21(28)26-16-7-15-9-18(27-20(15)25-10-16)14-5-6-24-17(8-14)13-3-4-13/h5-10,13,23H,3-4,22H2,1-2H3,(H,25,27)(H,26,28)/b12-11-,23-19?. The van der Waals surface area contributed by atoms with Crippen LogP contribution in [0.2, 0.25) is 0 Å². The van der Waals surface area contributed by atoms with Crippen LogP contribution in [0.3, 0.4) is 0 Å². The Balaban J connectivity index is 1.58. The molecule has 0 spiro atoms. The molecule has 3 aromatic heterocycles. The van der Waals surface area contributed by atoms with Gasteiger partial charge >= 0.3 is 0 Å². The number of allylic oxidation sites excluding steroid dienone is 1. The van der Waals surface area contributed by atoms with E-state index in [-0.39, 0.29) is 5.71 Å². The van der Waals surface area contributed by atoms with Gasteiger partial charge in [-0.3, -0.25) is 15.2 Å². The van der Waals surface area contributed by atoms with Gasteiger partial charge in [0.1, 0.15) is 11.4 Å². The van der Waals surface area contributed by atoms with Gasteiger partial charge in [0, 0.05) is 40.1 Å². The third kappa shape index (κ3) is 3.51. The maximum Gasteiger partial charge on any atom is 0.273 e. The van der Waals surface area contributed by atoms with Crippen LogP contribution >= 0.6 is 0 Å². The summed E-state index contributed by atoms with van der Waals surface area (Å²) in [6.07, 6.45) is 5.83. The van der Waals surface area contributed by atoms with Gasteiger partial charge in [-0.05, 0) is 56.5 Å². The Bertz CT molecular complexity index is 1120. The Hall–Kier alpha value is -3.48. The minimum atomic E-state index is -0.512. The Morgan fingerprint density at radius 2 is 2.04 bits per heavy atom. The highest BCUT2D eigenvalue weighted by molar-refractivity contribution is 6.47. The van der Waals surface area contributed by atoms with Crippen LogP contribution in [0, 0.1) is 5.41 Å². The summed E-state index contributed by atoms with van der Waals surface area (Å²) in [7, 11) is 0. The molecule has 7 heteroatoms. The lowest BCUT2D eigenvalue weighted by atomic mass is 10.1. The molecule has 0 aromatic carbocycles. The number of carbonyl (C=O) groups excluding carboxylic acids is 1. The molecule has 0 radical (unpaired) electrons. The first-order valence-corrected chi connectivity index (χ1v) is 9.20. The minimum Gasteiger partial charge on any atom is -0.402 e. The van der Waals surface area contributed by atoms with E-state index in [0.717, 1.165) is 28.0 Å². The molecule has 142 valence electrons. The number of aromatic amines is 1. The molecular formula is C21H22N6O. The van der Waals surface area contributed by atoms with Gasteiger partial charge in [0.15, 0.2) is 0 Å². The van der Waals surface area contributed by atoms with Gasteiger partial charge in [0.25, 0.3) is 5.91 Å². The number of anilines is 1. The maximum atomic E-state index is 12.3. The molecule has 0 aliphatic heterocycles. The highest BCUT2D eigenvalue weighted by Crippen LogP contribution is 2.40. The van der Waals surface area contributed by atoms with Crippen molar-refractivity contribution in [1.82, 2.24) is 15.0 Å². The summed E-state index contributed by atoms with van der Waals surface area (Å²) in [5, 5.41) is 11.5. The van der Waals surface area contributed by atoms with E-state index in [1.807, 2.05) is 24.4 Å². The van der Waals surface area contributed by atoms with Crippen LogP contribution in [0.25, 0.3) is 22.3 Å². The molecule has 1 saturated carbocycles. The molecule has 1 amide bonds. The van der Waals surface area contributed by atoms with E-state index in [4.69, 9.17) is 11.1 Å². The Morgan fingerprint density at radius 1 is 1.25 bits per heavy atom. The lowest BCUT2D eigenvalue weighted by molar-refractivity contribution is -0.110. The molecule has 0 saturated heterocycles. The fourth-order valence-corrected chi connectivity index (χ4v) is 3.02. The molecule has 7 nitrogen and oxygen atoms in total. The highest BCUT2D eigenvalue weighted by atomic mass is 16.1. The monoisotopic (exact) mass is 374 g/mol. The number of hydrogen-bond acceptors (Lipinski definition) is 5. The van der Waals surface area contributed by atoms with Crippen molar-refractivity contribution in [2.24, 2.45) is 5.73 Å². The summed E-state index contributed by atoms with van der Waals surface area (Å²) in [6.45, 7) is 3.32. The van der Waals surface area contributed by atoms with E-state index in [1.165, 1.54) is 12.8 Å². The maximum absolute atomic E-state index is 12.3. The summed E-state index contributed by atoms with van der Waals surface area (Å²) >= 11 is 0. The zero-order valence-electron chi connectivity index (χ0n) is 15.8. The lowest BCUT2D eigenvalue weighted by Crippen LogP contribution is -2.24. The van der Waals surface area contributed by atoms with Crippen LogP contribution in [0.1, 0.15) is 38.3 Å². The second-order valence-electron chi connectivity index (χ2n) is 7.23. The van der Waals surface area contributed by atoms with Gasteiger partial charge in [-0.2, -0.15) is 0 Å². The van der Waals surface area contributed by atoms with Crippen LogP contribution in [0.4, 0.5) is 5.69 Å². The number of carbonyl (C=O) groups is 1. The molecule has 1 fully saturated rings. The van der Waals surface area contributed by atoms with E-state index in [0.29, 0.717) is 22.9 Å². The largest absolute Gasteiger partial charge is 0.402 e. The number of nitrogens with zero attached hydrogens (tertiary/aromatic N) is 2. The van der Waals surface area contributed by atoms with Gasteiger partial charge in [-0.15, -0.1) is 0 Å². The summed E-state index contributed by atoms with van der Waals surface area (Å²) in [5.41, 5.74) is 10.9. The van der Waals surface area contributed by atoms with Crippen LogP contribution < -0.4 is 11.1 Å². The number of pyridine rings is 2. The van der Waals surface area contributed by atoms with Crippen molar-refractivity contribution < 1.29 is 4.79 Å². The van der Waals surface area contributed by atoms with Gasteiger partial charge < -0.3 is 16.0 Å².